The highest BCUT2D eigenvalue weighted by molar-refractivity contribution is 5.78. The summed E-state index contributed by atoms with van der Waals surface area (Å²) in [5.74, 6) is 0.786. The number of ether oxygens (including phenoxy) is 1. The van der Waals surface area contributed by atoms with Crippen molar-refractivity contribution in [3.8, 4) is 16.9 Å². The summed E-state index contributed by atoms with van der Waals surface area (Å²) < 4.78 is 5.76. The van der Waals surface area contributed by atoms with Crippen LogP contribution in [0, 0.1) is 0 Å². The fourth-order valence-corrected chi connectivity index (χ4v) is 3.42. The summed E-state index contributed by atoms with van der Waals surface area (Å²) in [6.45, 7) is 2.07. The average Bonchev–Trinajstić information content (AvgIpc) is 2.94. The molecule has 0 bridgehead atoms. The van der Waals surface area contributed by atoms with Gasteiger partial charge in [-0.25, -0.2) is 0 Å². The molecule has 0 aromatic heterocycles. The molecule has 5 nitrogen and oxygen atoms in total. The number of benzene rings is 2. The molecule has 2 aromatic carbocycles. The summed E-state index contributed by atoms with van der Waals surface area (Å²) in [6.07, 6.45) is 4.61. The van der Waals surface area contributed by atoms with Gasteiger partial charge in [-0.1, -0.05) is 55.0 Å². The summed E-state index contributed by atoms with van der Waals surface area (Å²) in [6, 6.07) is 17.7. The largest absolute Gasteiger partial charge is 0.483 e. The van der Waals surface area contributed by atoms with Crippen LogP contribution in [-0.4, -0.2) is 43.0 Å². The van der Waals surface area contributed by atoms with Gasteiger partial charge in [-0.05, 0) is 30.9 Å². The van der Waals surface area contributed by atoms with E-state index in [4.69, 9.17) is 4.74 Å². The van der Waals surface area contributed by atoms with E-state index in [9.17, 15) is 9.59 Å². The van der Waals surface area contributed by atoms with Crippen LogP contribution in [0.2, 0.25) is 0 Å². The van der Waals surface area contributed by atoms with Gasteiger partial charge in [0.2, 0.25) is 5.91 Å². The van der Waals surface area contributed by atoms with Crippen LogP contribution in [0.1, 0.15) is 32.1 Å². The first-order valence-corrected chi connectivity index (χ1v) is 10.1. The van der Waals surface area contributed by atoms with Crippen LogP contribution in [0.5, 0.6) is 5.75 Å². The number of carbonyl (C=O) groups is 2. The summed E-state index contributed by atoms with van der Waals surface area (Å²) >= 11 is 0. The van der Waals surface area contributed by atoms with Gasteiger partial charge in [-0.15, -0.1) is 0 Å². The Hall–Kier alpha value is -2.82. The number of carbonyl (C=O) groups excluding carboxylic acids is 2. The van der Waals surface area contributed by atoms with E-state index in [2.05, 4.69) is 5.32 Å². The molecule has 1 saturated heterocycles. The number of amides is 2. The molecule has 0 unspecified atom stereocenters. The van der Waals surface area contributed by atoms with E-state index in [0.717, 1.165) is 43.4 Å². The standard InChI is InChI=1S/C23H28N2O3/c26-22(24-15-9-17-25-16-8-2-5-14-23(25)27)18-28-21-13-7-6-12-20(21)19-10-3-1-4-11-19/h1,3-4,6-7,10-13H,2,5,8-9,14-18H2,(H,24,26). The third-order valence-electron chi connectivity index (χ3n) is 4.93. The van der Waals surface area contributed by atoms with Gasteiger partial charge in [0.25, 0.3) is 5.91 Å². The molecular formula is C23H28N2O3. The number of likely N-dealkylation sites (tertiary alicyclic amines) is 1. The molecule has 28 heavy (non-hydrogen) atoms. The van der Waals surface area contributed by atoms with Crippen molar-refractivity contribution in [2.75, 3.05) is 26.2 Å². The molecule has 1 heterocycles. The molecule has 1 aliphatic rings. The minimum absolute atomic E-state index is 0.0213. The molecule has 148 valence electrons. The van der Waals surface area contributed by atoms with E-state index in [-0.39, 0.29) is 18.4 Å². The first-order valence-electron chi connectivity index (χ1n) is 10.1. The van der Waals surface area contributed by atoms with Crippen molar-refractivity contribution in [1.29, 1.82) is 0 Å². The zero-order chi connectivity index (χ0) is 19.6. The van der Waals surface area contributed by atoms with E-state index in [1.54, 1.807) is 0 Å². The lowest BCUT2D eigenvalue weighted by Crippen LogP contribution is -2.35. The third kappa shape index (κ3) is 5.84. The number of para-hydroxylation sites is 1. The molecule has 2 aromatic rings. The van der Waals surface area contributed by atoms with Crippen LogP contribution in [0.15, 0.2) is 54.6 Å². The van der Waals surface area contributed by atoms with Crippen molar-refractivity contribution in [2.24, 2.45) is 0 Å². The Balaban J connectivity index is 1.42. The summed E-state index contributed by atoms with van der Waals surface area (Å²) in [5, 5.41) is 2.88. The molecule has 1 N–H and O–H groups in total. The Morgan fingerprint density at radius 3 is 2.64 bits per heavy atom. The maximum absolute atomic E-state index is 12.1. The quantitative estimate of drug-likeness (QED) is 0.712. The van der Waals surface area contributed by atoms with Crippen molar-refractivity contribution in [1.82, 2.24) is 10.2 Å². The minimum Gasteiger partial charge on any atom is -0.483 e. The molecule has 2 amide bonds. The topological polar surface area (TPSA) is 58.6 Å². The number of hydrogen-bond donors (Lipinski definition) is 1. The van der Waals surface area contributed by atoms with Crippen molar-refractivity contribution in [3.05, 3.63) is 54.6 Å². The van der Waals surface area contributed by atoms with Crippen molar-refractivity contribution in [2.45, 2.75) is 32.1 Å². The van der Waals surface area contributed by atoms with Crippen LogP contribution in [-0.2, 0) is 9.59 Å². The molecule has 1 aliphatic heterocycles. The Kier molecular flexibility index (Phi) is 7.47. The molecular weight excluding hydrogens is 352 g/mol. The van der Waals surface area contributed by atoms with Crippen LogP contribution in [0.4, 0.5) is 0 Å². The Morgan fingerprint density at radius 1 is 1.00 bits per heavy atom. The van der Waals surface area contributed by atoms with E-state index in [1.807, 2.05) is 59.5 Å². The summed E-state index contributed by atoms with van der Waals surface area (Å²) in [4.78, 5) is 26.0. The first-order chi connectivity index (χ1) is 13.7. The summed E-state index contributed by atoms with van der Waals surface area (Å²) in [7, 11) is 0. The second kappa shape index (κ2) is 10.5. The first kappa shape index (κ1) is 19.9. The molecule has 5 heteroatoms. The number of nitrogens with one attached hydrogen (secondary N) is 1. The van der Waals surface area contributed by atoms with Gasteiger partial charge >= 0.3 is 0 Å². The molecule has 3 rings (SSSR count). The highest BCUT2D eigenvalue weighted by Crippen LogP contribution is 2.29. The SMILES string of the molecule is O=C(COc1ccccc1-c1ccccc1)NCCCN1CCCCCC1=O. The lowest BCUT2D eigenvalue weighted by atomic mass is 10.1. The van der Waals surface area contributed by atoms with Gasteiger partial charge in [0.1, 0.15) is 5.75 Å². The van der Waals surface area contributed by atoms with E-state index >= 15 is 0 Å². The van der Waals surface area contributed by atoms with Gasteiger partial charge in [0.15, 0.2) is 6.61 Å². The van der Waals surface area contributed by atoms with E-state index in [1.165, 1.54) is 0 Å². The van der Waals surface area contributed by atoms with Crippen molar-refractivity contribution in [3.63, 3.8) is 0 Å². The maximum Gasteiger partial charge on any atom is 0.257 e. The van der Waals surface area contributed by atoms with Gasteiger partial charge in [-0.3, -0.25) is 9.59 Å². The van der Waals surface area contributed by atoms with Gasteiger partial charge in [-0.2, -0.15) is 0 Å². The minimum atomic E-state index is -0.148. The average molecular weight is 380 g/mol. The predicted octanol–water partition coefficient (Wildman–Crippen LogP) is 3.64. The van der Waals surface area contributed by atoms with Gasteiger partial charge in [0, 0.05) is 31.6 Å². The van der Waals surface area contributed by atoms with Crippen LogP contribution in [0.25, 0.3) is 11.1 Å². The highest BCUT2D eigenvalue weighted by atomic mass is 16.5. The monoisotopic (exact) mass is 380 g/mol. The van der Waals surface area contributed by atoms with Crippen molar-refractivity contribution < 1.29 is 14.3 Å². The lowest BCUT2D eigenvalue weighted by molar-refractivity contribution is -0.130. The smallest absolute Gasteiger partial charge is 0.257 e. The van der Waals surface area contributed by atoms with Crippen LogP contribution < -0.4 is 10.1 Å². The third-order valence-corrected chi connectivity index (χ3v) is 4.93. The fraction of sp³-hybridized carbons (Fsp3) is 0.391. The number of nitrogens with zero attached hydrogens (tertiary/aromatic N) is 1. The fourth-order valence-electron chi connectivity index (χ4n) is 3.42. The molecule has 0 radical (unpaired) electrons. The zero-order valence-corrected chi connectivity index (χ0v) is 16.2. The molecule has 0 spiro atoms. The second-order valence-corrected chi connectivity index (χ2v) is 7.05. The van der Waals surface area contributed by atoms with Gasteiger partial charge in [0.05, 0.1) is 0 Å². The van der Waals surface area contributed by atoms with Crippen LogP contribution in [0.3, 0.4) is 0 Å². The predicted molar refractivity (Wildman–Crippen MR) is 110 cm³/mol. The molecule has 0 saturated carbocycles. The Bertz CT molecular complexity index is 776. The number of rotatable bonds is 8. The Morgan fingerprint density at radius 2 is 1.79 bits per heavy atom. The molecule has 0 atom stereocenters. The molecule has 0 aliphatic carbocycles. The normalized spacial score (nSPS) is 14.4. The second-order valence-electron chi connectivity index (χ2n) is 7.05. The number of hydrogen-bond acceptors (Lipinski definition) is 3. The summed E-state index contributed by atoms with van der Waals surface area (Å²) in [5.41, 5.74) is 2.02. The Labute approximate surface area is 166 Å². The van der Waals surface area contributed by atoms with Crippen LogP contribution >= 0.6 is 0 Å². The van der Waals surface area contributed by atoms with Gasteiger partial charge < -0.3 is 15.0 Å². The molecule has 1 fully saturated rings. The highest BCUT2D eigenvalue weighted by Gasteiger charge is 2.15. The maximum atomic E-state index is 12.1. The zero-order valence-electron chi connectivity index (χ0n) is 16.2. The van der Waals surface area contributed by atoms with Crippen molar-refractivity contribution >= 4 is 11.8 Å². The van der Waals surface area contributed by atoms with E-state index in [0.29, 0.717) is 25.3 Å². The van der Waals surface area contributed by atoms with E-state index < -0.39 is 0 Å². The lowest BCUT2D eigenvalue weighted by Gasteiger charge is -2.20.